The maximum atomic E-state index is 12.4. The van der Waals surface area contributed by atoms with E-state index >= 15 is 0 Å². The monoisotopic (exact) mass is 752 g/mol. The highest BCUT2D eigenvalue weighted by molar-refractivity contribution is 5.76. The maximum absolute atomic E-state index is 12.4. The molecule has 2 atom stereocenters. The van der Waals surface area contributed by atoms with E-state index in [1.54, 1.807) is 6.08 Å². The Hall–Kier alpha value is -2.17. The Bertz CT molecular complexity index is 946. The summed E-state index contributed by atoms with van der Waals surface area (Å²) in [6.45, 7) is 4.26. The first-order valence-electron chi connectivity index (χ1n) is 23.2. The third-order valence-electron chi connectivity index (χ3n) is 10.1. The van der Waals surface area contributed by atoms with Crippen molar-refractivity contribution in [1.29, 1.82) is 0 Å². The average Bonchev–Trinajstić information content (AvgIpc) is 3.18. The fourth-order valence-corrected chi connectivity index (χ4v) is 6.57. The van der Waals surface area contributed by atoms with E-state index in [0.717, 1.165) is 64.2 Å². The Balaban J connectivity index is 3.68. The van der Waals surface area contributed by atoms with E-state index in [-0.39, 0.29) is 12.5 Å². The Morgan fingerprint density at radius 1 is 0.444 bits per heavy atom. The third-order valence-corrected chi connectivity index (χ3v) is 10.1. The van der Waals surface area contributed by atoms with Gasteiger partial charge < -0.3 is 15.5 Å². The van der Waals surface area contributed by atoms with Crippen molar-refractivity contribution in [2.45, 2.75) is 231 Å². The van der Waals surface area contributed by atoms with Gasteiger partial charge in [-0.25, -0.2) is 0 Å². The highest BCUT2D eigenvalue weighted by atomic mass is 16.3. The predicted octanol–water partition coefficient (Wildman–Crippen LogP) is 14.7. The Kier molecular flexibility index (Phi) is 43.4. The van der Waals surface area contributed by atoms with Crippen molar-refractivity contribution < 1.29 is 15.0 Å². The van der Waals surface area contributed by atoms with Gasteiger partial charge in [0, 0.05) is 6.42 Å². The zero-order valence-electron chi connectivity index (χ0n) is 35.7. The largest absolute Gasteiger partial charge is 0.394 e. The van der Waals surface area contributed by atoms with E-state index in [1.165, 1.54) is 135 Å². The van der Waals surface area contributed by atoms with Gasteiger partial charge in [-0.05, 0) is 83.5 Å². The van der Waals surface area contributed by atoms with Crippen LogP contribution in [0.15, 0.2) is 72.9 Å². The van der Waals surface area contributed by atoms with Crippen LogP contribution >= 0.6 is 0 Å². The Morgan fingerprint density at radius 2 is 0.778 bits per heavy atom. The molecule has 4 nitrogen and oxygen atoms in total. The first-order chi connectivity index (χ1) is 26.7. The number of amides is 1. The van der Waals surface area contributed by atoms with Crippen molar-refractivity contribution >= 4 is 5.91 Å². The lowest BCUT2D eigenvalue weighted by Gasteiger charge is -2.19. The number of carbonyl (C=O) groups is 1. The summed E-state index contributed by atoms with van der Waals surface area (Å²) in [6.07, 6.45) is 64.4. The summed E-state index contributed by atoms with van der Waals surface area (Å²) in [5, 5.41) is 23.0. The number of carbonyl (C=O) groups excluding carboxylic acids is 1. The van der Waals surface area contributed by atoms with Gasteiger partial charge in [-0.3, -0.25) is 4.79 Å². The second-order valence-corrected chi connectivity index (χ2v) is 15.4. The van der Waals surface area contributed by atoms with Crippen LogP contribution in [-0.2, 0) is 4.79 Å². The van der Waals surface area contributed by atoms with Crippen molar-refractivity contribution in [2.75, 3.05) is 6.61 Å². The van der Waals surface area contributed by atoms with Crippen molar-refractivity contribution in [1.82, 2.24) is 5.32 Å². The highest BCUT2D eigenvalue weighted by Gasteiger charge is 2.17. The van der Waals surface area contributed by atoms with Crippen LogP contribution in [-0.4, -0.2) is 34.9 Å². The molecule has 0 rings (SSSR count). The summed E-state index contributed by atoms with van der Waals surface area (Å²) in [7, 11) is 0. The molecule has 0 heterocycles. The fourth-order valence-electron chi connectivity index (χ4n) is 6.57. The summed E-state index contributed by atoms with van der Waals surface area (Å²) in [5.41, 5.74) is 0. The van der Waals surface area contributed by atoms with E-state index in [2.05, 4.69) is 79.9 Å². The molecule has 1 amide bonds. The van der Waals surface area contributed by atoms with Crippen LogP contribution < -0.4 is 5.32 Å². The van der Waals surface area contributed by atoms with E-state index < -0.39 is 12.1 Å². The highest BCUT2D eigenvalue weighted by Crippen LogP contribution is 2.14. The van der Waals surface area contributed by atoms with Crippen LogP contribution in [0.3, 0.4) is 0 Å². The number of nitrogens with one attached hydrogen (secondary N) is 1. The Morgan fingerprint density at radius 3 is 1.24 bits per heavy atom. The third kappa shape index (κ3) is 41.0. The molecule has 0 fully saturated rings. The second-order valence-electron chi connectivity index (χ2n) is 15.4. The summed E-state index contributed by atoms with van der Waals surface area (Å²) in [6, 6.07) is -0.656. The van der Waals surface area contributed by atoms with Crippen LogP contribution in [0, 0.1) is 0 Å². The number of aliphatic hydroxyl groups is 2. The summed E-state index contributed by atoms with van der Waals surface area (Å²) >= 11 is 0. The lowest BCUT2D eigenvalue weighted by Crippen LogP contribution is -2.45. The van der Waals surface area contributed by atoms with Gasteiger partial charge in [0.25, 0.3) is 0 Å². The quantitative estimate of drug-likeness (QED) is 0.0430. The van der Waals surface area contributed by atoms with E-state index in [9.17, 15) is 15.0 Å². The predicted molar refractivity (Wildman–Crippen MR) is 239 cm³/mol. The van der Waals surface area contributed by atoms with Gasteiger partial charge in [-0.1, -0.05) is 202 Å². The molecule has 4 heteroatoms. The Labute approximate surface area is 336 Å². The lowest BCUT2D eigenvalue weighted by molar-refractivity contribution is -0.123. The molecule has 0 saturated carbocycles. The van der Waals surface area contributed by atoms with E-state index in [1.807, 2.05) is 6.08 Å². The number of allylic oxidation sites excluding steroid dienone is 11. The minimum Gasteiger partial charge on any atom is -0.394 e. The molecule has 0 aliphatic heterocycles. The number of aliphatic hydroxyl groups excluding tert-OH is 2. The number of rotatable bonds is 41. The van der Waals surface area contributed by atoms with Crippen molar-refractivity contribution in [2.24, 2.45) is 0 Å². The number of hydrogen-bond acceptors (Lipinski definition) is 3. The van der Waals surface area contributed by atoms with E-state index in [0.29, 0.717) is 6.42 Å². The summed E-state index contributed by atoms with van der Waals surface area (Å²) in [4.78, 5) is 12.4. The summed E-state index contributed by atoms with van der Waals surface area (Å²) < 4.78 is 0. The van der Waals surface area contributed by atoms with Gasteiger partial charge >= 0.3 is 0 Å². The van der Waals surface area contributed by atoms with Crippen molar-refractivity contribution in [3.63, 3.8) is 0 Å². The minimum absolute atomic E-state index is 0.0926. The fraction of sp³-hybridized carbons (Fsp3) is 0.740. The maximum Gasteiger partial charge on any atom is 0.220 e. The van der Waals surface area contributed by atoms with Gasteiger partial charge in [-0.2, -0.15) is 0 Å². The summed E-state index contributed by atoms with van der Waals surface area (Å²) in [5.74, 6) is -0.0926. The van der Waals surface area contributed by atoms with Gasteiger partial charge in [-0.15, -0.1) is 0 Å². The van der Waals surface area contributed by atoms with Gasteiger partial charge in [0.05, 0.1) is 18.8 Å². The molecule has 0 aromatic carbocycles. The van der Waals surface area contributed by atoms with Gasteiger partial charge in [0.2, 0.25) is 5.91 Å². The van der Waals surface area contributed by atoms with Gasteiger partial charge in [0.15, 0.2) is 0 Å². The molecule has 312 valence electrons. The van der Waals surface area contributed by atoms with Crippen LogP contribution in [0.2, 0.25) is 0 Å². The molecule has 0 spiro atoms. The molecular formula is C50H89NO3. The van der Waals surface area contributed by atoms with E-state index in [4.69, 9.17) is 0 Å². The molecule has 0 bridgehead atoms. The molecule has 0 aliphatic rings. The van der Waals surface area contributed by atoms with Crippen LogP contribution in [0.4, 0.5) is 0 Å². The average molecular weight is 752 g/mol. The van der Waals surface area contributed by atoms with Crippen LogP contribution in [0.5, 0.6) is 0 Å². The molecule has 54 heavy (non-hydrogen) atoms. The van der Waals surface area contributed by atoms with Gasteiger partial charge in [0.1, 0.15) is 0 Å². The van der Waals surface area contributed by atoms with Crippen molar-refractivity contribution in [3.8, 4) is 0 Å². The molecular weight excluding hydrogens is 663 g/mol. The van der Waals surface area contributed by atoms with Crippen LogP contribution in [0.1, 0.15) is 219 Å². The smallest absolute Gasteiger partial charge is 0.220 e. The van der Waals surface area contributed by atoms with Crippen LogP contribution in [0.25, 0.3) is 0 Å². The second kappa shape index (κ2) is 45.2. The molecule has 0 aromatic heterocycles. The number of unbranched alkanes of at least 4 members (excludes halogenated alkanes) is 24. The molecule has 0 saturated heterocycles. The first kappa shape index (κ1) is 51.8. The molecule has 0 radical (unpaired) electrons. The standard InChI is InChI=1S/C50H89NO3/c1-3-5-7-9-11-13-15-17-19-21-23-24-25-26-28-29-31-33-35-37-39-41-43-45-49(53)48(47-52)51-50(54)46-44-42-40-38-36-34-32-30-27-22-20-18-16-14-12-10-8-6-4-2/h12,14,18,20,27-30,35,37,43,45,48-49,52-53H,3-11,13,15-17,19,21-26,31-34,36,38-42,44,46-47H2,1-2H3,(H,51,54)/b14-12-,20-18-,29-28+,30-27-,37-35+,45-43+. The topological polar surface area (TPSA) is 69.6 Å². The normalized spacial score (nSPS) is 13.6. The van der Waals surface area contributed by atoms with Crippen molar-refractivity contribution in [3.05, 3.63) is 72.9 Å². The zero-order chi connectivity index (χ0) is 39.3. The molecule has 0 aliphatic carbocycles. The molecule has 0 aromatic rings. The minimum atomic E-state index is -0.879. The first-order valence-corrected chi connectivity index (χ1v) is 23.2. The lowest BCUT2D eigenvalue weighted by atomic mass is 10.0. The number of hydrogen-bond donors (Lipinski definition) is 3. The SMILES string of the molecule is CCCCC/C=C\C/C=C\C/C=C\CCCCCCCCC(=O)NC(CO)C(O)/C=C/CC/C=C/CC/C=C/CCCCCCCCCCCCCCC. The molecule has 2 unspecified atom stereocenters. The molecule has 3 N–H and O–H groups in total. The zero-order valence-corrected chi connectivity index (χ0v) is 35.7.